The molecule has 1 aromatic heterocycles. The molecule has 7 heteroatoms. The molecule has 0 unspecified atom stereocenters. The number of carbonyl (C=O) groups is 1. The maximum Gasteiger partial charge on any atom is 0.307 e. The quantitative estimate of drug-likeness (QED) is 0.857. The lowest BCUT2D eigenvalue weighted by Gasteiger charge is -2.07. The Morgan fingerprint density at radius 2 is 2.13 bits per heavy atom. The first kappa shape index (κ1) is 12.5. The molecule has 82 valence electrons. The summed E-state index contributed by atoms with van der Waals surface area (Å²) in [5.41, 5.74) is -0.500. The number of carboxylic acids is 1. The van der Waals surface area contributed by atoms with Gasteiger partial charge in [-0.25, -0.2) is 13.8 Å². The van der Waals surface area contributed by atoms with Gasteiger partial charge in [0.2, 0.25) is 0 Å². The smallest absolute Gasteiger partial charge is 0.307 e. The molecule has 15 heavy (non-hydrogen) atoms. The van der Waals surface area contributed by atoms with Crippen molar-refractivity contribution < 1.29 is 18.7 Å². The maximum atomic E-state index is 12.5. The number of pyridine rings is 1. The normalized spacial score (nSPS) is 10.7. The van der Waals surface area contributed by atoms with E-state index in [1.165, 1.54) is 6.07 Å². The Balaban J connectivity index is 3.21. The molecule has 0 amide bonds. The van der Waals surface area contributed by atoms with E-state index in [9.17, 15) is 13.6 Å². The van der Waals surface area contributed by atoms with Gasteiger partial charge >= 0.3 is 5.97 Å². The molecule has 0 saturated carbocycles. The molecule has 0 bridgehead atoms. The van der Waals surface area contributed by atoms with Gasteiger partial charge in [-0.05, 0) is 43.5 Å². The van der Waals surface area contributed by atoms with Gasteiger partial charge < -0.3 is 5.11 Å². The van der Waals surface area contributed by atoms with E-state index in [1.54, 1.807) is 0 Å². The van der Waals surface area contributed by atoms with E-state index in [0.717, 1.165) is 0 Å². The monoisotopic (exact) mass is 343 g/mol. The molecule has 3 nitrogen and oxygen atoms in total. The summed E-state index contributed by atoms with van der Waals surface area (Å²) in [6.07, 6.45) is -3.26. The Morgan fingerprint density at radius 3 is 2.60 bits per heavy atom. The highest BCUT2D eigenvalue weighted by Crippen LogP contribution is 2.29. The predicted molar refractivity (Wildman–Crippen MR) is 55.9 cm³/mol. The second-order valence-electron chi connectivity index (χ2n) is 2.68. The van der Waals surface area contributed by atoms with Crippen molar-refractivity contribution in [2.45, 2.75) is 12.8 Å². The van der Waals surface area contributed by atoms with Gasteiger partial charge in [0.05, 0.1) is 10.9 Å². The highest BCUT2D eigenvalue weighted by atomic mass is 79.9. The lowest BCUT2D eigenvalue weighted by Crippen LogP contribution is -2.06. The molecule has 0 fully saturated rings. The molecule has 0 aliphatic heterocycles. The third kappa shape index (κ3) is 3.20. The Hall–Kier alpha value is -0.560. The minimum Gasteiger partial charge on any atom is -0.481 e. The SMILES string of the molecule is O=C(O)Cc1cc(Br)c(Br)nc1C(F)F. The average Bonchev–Trinajstić information content (AvgIpc) is 2.09. The summed E-state index contributed by atoms with van der Waals surface area (Å²) in [6, 6.07) is 1.33. The fraction of sp³-hybridized carbons (Fsp3) is 0.250. The molecular weight excluding hydrogens is 340 g/mol. The van der Waals surface area contributed by atoms with Crippen molar-refractivity contribution in [2.75, 3.05) is 0 Å². The minimum atomic E-state index is -2.79. The first-order chi connectivity index (χ1) is 6.91. The summed E-state index contributed by atoms with van der Waals surface area (Å²) in [5, 5.41) is 8.53. The van der Waals surface area contributed by atoms with Crippen LogP contribution in [0, 0.1) is 0 Å². The summed E-state index contributed by atoms with van der Waals surface area (Å²) in [5.74, 6) is -1.17. The summed E-state index contributed by atoms with van der Waals surface area (Å²) < 4.78 is 25.7. The van der Waals surface area contributed by atoms with Gasteiger partial charge in [0.25, 0.3) is 6.43 Å². The zero-order valence-electron chi connectivity index (χ0n) is 7.18. The van der Waals surface area contributed by atoms with E-state index in [1.807, 2.05) is 0 Å². The number of aromatic nitrogens is 1. The zero-order valence-corrected chi connectivity index (χ0v) is 10.3. The molecule has 0 spiro atoms. The number of hydrogen-bond acceptors (Lipinski definition) is 2. The second-order valence-corrected chi connectivity index (χ2v) is 4.28. The van der Waals surface area contributed by atoms with Crippen molar-refractivity contribution in [1.82, 2.24) is 4.98 Å². The van der Waals surface area contributed by atoms with Crippen LogP contribution in [0.5, 0.6) is 0 Å². The largest absolute Gasteiger partial charge is 0.481 e. The van der Waals surface area contributed by atoms with Gasteiger partial charge in [-0.15, -0.1) is 0 Å². The fourth-order valence-corrected chi connectivity index (χ4v) is 1.68. The summed E-state index contributed by atoms with van der Waals surface area (Å²) in [7, 11) is 0. The first-order valence-corrected chi connectivity index (χ1v) is 5.35. The summed E-state index contributed by atoms with van der Waals surface area (Å²) in [6.45, 7) is 0. The van der Waals surface area contributed by atoms with E-state index >= 15 is 0 Å². The Kier molecular flexibility index (Phi) is 4.15. The molecule has 0 aliphatic rings. The lowest BCUT2D eigenvalue weighted by atomic mass is 10.1. The van der Waals surface area contributed by atoms with Crippen LogP contribution < -0.4 is 0 Å². The number of aliphatic carboxylic acids is 1. The number of carboxylic acid groups (broad SMARTS) is 1. The van der Waals surface area contributed by atoms with Gasteiger partial charge in [0.1, 0.15) is 10.3 Å². The predicted octanol–water partition coefficient (Wildman–Crippen LogP) is 3.17. The minimum absolute atomic E-state index is 0.00701. The molecule has 0 atom stereocenters. The van der Waals surface area contributed by atoms with Crippen LogP contribution in [0.4, 0.5) is 8.78 Å². The molecule has 0 aliphatic carbocycles. The van der Waals surface area contributed by atoms with Crippen LogP contribution >= 0.6 is 31.9 Å². The van der Waals surface area contributed by atoms with Gasteiger partial charge in [0, 0.05) is 0 Å². The topological polar surface area (TPSA) is 50.2 Å². The van der Waals surface area contributed by atoms with Crippen molar-refractivity contribution in [3.05, 3.63) is 26.4 Å². The number of alkyl halides is 2. The molecule has 1 heterocycles. The molecule has 1 aromatic rings. The van der Waals surface area contributed by atoms with Crippen LogP contribution in [-0.4, -0.2) is 16.1 Å². The molecule has 0 saturated heterocycles. The van der Waals surface area contributed by atoms with Crippen LogP contribution in [-0.2, 0) is 11.2 Å². The third-order valence-corrected chi connectivity index (χ3v) is 3.34. The van der Waals surface area contributed by atoms with Gasteiger partial charge in [-0.2, -0.15) is 0 Å². The van der Waals surface area contributed by atoms with Crippen LogP contribution in [0.3, 0.4) is 0 Å². The van der Waals surface area contributed by atoms with Crippen LogP contribution in [0.15, 0.2) is 15.1 Å². The number of rotatable bonds is 3. The van der Waals surface area contributed by atoms with Crippen molar-refractivity contribution in [2.24, 2.45) is 0 Å². The van der Waals surface area contributed by atoms with E-state index in [0.29, 0.717) is 4.47 Å². The first-order valence-electron chi connectivity index (χ1n) is 3.76. The molecule has 1 rings (SSSR count). The Bertz CT molecular complexity index is 398. The van der Waals surface area contributed by atoms with Crippen molar-refractivity contribution in [1.29, 1.82) is 0 Å². The number of hydrogen-bond donors (Lipinski definition) is 1. The number of halogens is 4. The van der Waals surface area contributed by atoms with Gasteiger partial charge in [-0.1, -0.05) is 0 Å². The summed E-state index contributed by atoms with van der Waals surface area (Å²) >= 11 is 6.05. The van der Waals surface area contributed by atoms with Crippen molar-refractivity contribution in [3.63, 3.8) is 0 Å². The Morgan fingerprint density at radius 1 is 1.53 bits per heavy atom. The fourth-order valence-electron chi connectivity index (χ4n) is 1.01. The van der Waals surface area contributed by atoms with Gasteiger partial charge in [-0.3, -0.25) is 4.79 Å². The van der Waals surface area contributed by atoms with Crippen LogP contribution in [0.1, 0.15) is 17.7 Å². The van der Waals surface area contributed by atoms with Crippen molar-refractivity contribution >= 4 is 37.8 Å². The molecule has 1 N–H and O–H groups in total. The van der Waals surface area contributed by atoms with Crippen LogP contribution in [0.25, 0.3) is 0 Å². The highest BCUT2D eigenvalue weighted by Gasteiger charge is 2.18. The van der Waals surface area contributed by atoms with E-state index in [-0.39, 0.29) is 10.2 Å². The van der Waals surface area contributed by atoms with E-state index in [2.05, 4.69) is 36.8 Å². The zero-order chi connectivity index (χ0) is 11.6. The van der Waals surface area contributed by atoms with Gasteiger partial charge in [0.15, 0.2) is 0 Å². The molecular formula is C8H5Br2F2NO2. The average molecular weight is 345 g/mol. The molecule has 0 radical (unpaired) electrons. The number of nitrogens with zero attached hydrogens (tertiary/aromatic N) is 1. The van der Waals surface area contributed by atoms with E-state index < -0.39 is 24.5 Å². The standard InChI is InChI=1S/C8H5Br2F2NO2/c9-4-1-3(2-5(14)15)6(8(11)12)13-7(4)10/h1,8H,2H2,(H,14,15). The molecule has 0 aromatic carbocycles. The summed E-state index contributed by atoms with van der Waals surface area (Å²) in [4.78, 5) is 14.0. The lowest BCUT2D eigenvalue weighted by molar-refractivity contribution is -0.136. The third-order valence-electron chi connectivity index (χ3n) is 1.59. The van der Waals surface area contributed by atoms with Crippen LogP contribution in [0.2, 0.25) is 0 Å². The van der Waals surface area contributed by atoms with Crippen molar-refractivity contribution in [3.8, 4) is 0 Å². The maximum absolute atomic E-state index is 12.5. The van der Waals surface area contributed by atoms with E-state index in [4.69, 9.17) is 5.11 Å². The second kappa shape index (κ2) is 4.98. The highest BCUT2D eigenvalue weighted by molar-refractivity contribution is 9.13. The Labute approximate surface area is 101 Å².